The summed E-state index contributed by atoms with van der Waals surface area (Å²) < 4.78 is 5.41. The van der Waals surface area contributed by atoms with Crippen LogP contribution >= 0.6 is 11.6 Å². The van der Waals surface area contributed by atoms with Gasteiger partial charge in [0.15, 0.2) is 0 Å². The third-order valence-electron chi connectivity index (χ3n) is 2.52. The Morgan fingerprint density at radius 3 is 3.25 bits per heavy atom. The maximum atomic E-state index is 11.7. The highest BCUT2D eigenvalue weighted by molar-refractivity contribution is 6.32. The Morgan fingerprint density at radius 2 is 2.56 bits per heavy atom. The first kappa shape index (κ1) is 11.4. The van der Waals surface area contributed by atoms with Crippen molar-refractivity contribution in [1.82, 2.24) is 10.3 Å². The summed E-state index contributed by atoms with van der Waals surface area (Å²) in [5.41, 5.74) is 0.405. The number of hydrogen-bond acceptors (Lipinski definition) is 3. The van der Waals surface area contributed by atoms with Crippen molar-refractivity contribution in [1.29, 1.82) is 0 Å². The standard InChI is InChI=1S/C11H13ClN2O2/c12-10-9(4-1-5-13-10)11(15)14-7-8-3-2-6-16-8/h1,4-5,8H,2-3,6-7H2,(H,14,15). The number of amides is 1. The molecule has 1 amide bonds. The summed E-state index contributed by atoms with van der Waals surface area (Å²) in [5.74, 6) is -0.200. The van der Waals surface area contributed by atoms with Gasteiger partial charge in [-0.15, -0.1) is 0 Å². The van der Waals surface area contributed by atoms with E-state index in [-0.39, 0.29) is 17.2 Å². The van der Waals surface area contributed by atoms with Crippen LogP contribution in [0, 0.1) is 0 Å². The zero-order valence-electron chi connectivity index (χ0n) is 8.78. The van der Waals surface area contributed by atoms with Gasteiger partial charge >= 0.3 is 0 Å². The van der Waals surface area contributed by atoms with Crippen LogP contribution in [-0.4, -0.2) is 30.1 Å². The molecule has 1 saturated heterocycles. The Kier molecular flexibility index (Phi) is 3.74. The van der Waals surface area contributed by atoms with Crippen LogP contribution in [0.2, 0.25) is 5.15 Å². The summed E-state index contributed by atoms with van der Waals surface area (Å²) in [6, 6.07) is 3.34. The molecule has 1 unspecified atom stereocenters. The molecule has 0 saturated carbocycles. The van der Waals surface area contributed by atoms with Crippen LogP contribution in [0.4, 0.5) is 0 Å². The summed E-state index contributed by atoms with van der Waals surface area (Å²) in [4.78, 5) is 15.6. The molecule has 4 nitrogen and oxygen atoms in total. The molecule has 5 heteroatoms. The van der Waals surface area contributed by atoms with Gasteiger partial charge in [0.1, 0.15) is 5.15 Å². The van der Waals surface area contributed by atoms with Gasteiger partial charge in [0.2, 0.25) is 0 Å². The van der Waals surface area contributed by atoms with Crippen LogP contribution in [-0.2, 0) is 4.74 Å². The van der Waals surface area contributed by atoms with Crippen molar-refractivity contribution in [2.45, 2.75) is 18.9 Å². The number of aromatic nitrogens is 1. The van der Waals surface area contributed by atoms with Crippen LogP contribution in [0.5, 0.6) is 0 Å². The van der Waals surface area contributed by atoms with E-state index in [9.17, 15) is 4.79 Å². The molecule has 0 bridgehead atoms. The van der Waals surface area contributed by atoms with Crippen molar-refractivity contribution in [2.75, 3.05) is 13.2 Å². The van der Waals surface area contributed by atoms with Crippen molar-refractivity contribution in [2.24, 2.45) is 0 Å². The second-order valence-electron chi connectivity index (χ2n) is 3.69. The fourth-order valence-corrected chi connectivity index (χ4v) is 1.87. The van der Waals surface area contributed by atoms with Crippen LogP contribution in [0.25, 0.3) is 0 Å². The van der Waals surface area contributed by atoms with E-state index < -0.39 is 0 Å². The maximum absolute atomic E-state index is 11.7. The fourth-order valence-electron chi connectivity index (χ4n) is 1.66. The Labute approximate surface area is 99.0 Å². The third-order valence-corrected chi connectivity index (χ3v) is 2.82. The molecule has 0 radical (unpaired) electrons. The van der Waals surface area contributed by atoms with Crippen LogP contribution in [0.15, 0.2) is 18.3 Å². The van der Waals surface area contributed by atoms with Gasteiger partial charge in [-0.1, -0.05) is 11.6 Å². The largest absolute Gasteiger partial charge is 0.376 e. The molecule has 1 aromatic rings. The molecular weight excluding hydrogens is 228 g/mol. The first-order valence-electron chi connectivity index (χ1n) is 5.27. The van der Waals surface area contributed by atoms with Crippen LogP contribution in [0.1, 0.15) is 23.2 Å². The van der Waals surface area contributed by atoms with E-state index in [1.807, 2.05) is 0 Å². The summed E-state index contributed by atoms with van der Waals surface area (Å²) >= 11 is 5.81. The molecule has 1 aliphatic heterocycles. The second-order valence-corrected chi connectivity index (χ2v) is 4.04. The van der Waals surface area contributed by atoms with E-state index in [0.717, 1.165) is 19.4 Å². The second kappa shape index (κ2) is 5.27. The van der Waals surface area contributed by atoms with Gasteiger partial charge in [0.25, 0.3) is 5.91 Å². The van der Waals surface area contributed by atoms with E-state index in [1.165, 1.54) is 0 Å². The Hall–Kier alpha value is -1.13. The van der Waals surface area contributed by atoms with Gasteiger partial charge in [0.05, 0.1) is 11.7 Å². The molecule has 2 heterocycles. The molecule has 0 aliphatic carbocycles. The number of nitrogens with one attached hydrogen (secondary N) is 1. The van der Waals surface area contributed by atoms with Crippen molar-refractivity contribution in [3.05, 3.63) is 29.0 Å². The lowest BCUT2D eigenvalue weighted by molar-refractivity contribution is 0.0857. The van der Waals surface area contributed by atoms with Gasteiger partial charge in [-0.25, -0.2) is 4.98 Å². The molecular formula is C11H13ClN2O2. The minimum absolute atomic E-state index is 0.138. The quantitative estimate of drug-likeness (QED) is 0.818. The number of ether oxygens (including phenoxy) is 1. The molecule has 1 aliphatic rings. The minimum atomic E-state index is -0.200. The predicted octanol–water partition coefficient (Wildman–Crippen LogP) is 1.64. The Morgan fingerprint density at radius 1 is 1.69 bits per heavy atom. The van der Waals surface area contributed by atoms with Gasteiger partial charge in [-0.2, -0.15) is 0 Å². The summed E-state index contributed by atoms with van der Waals surface area (Å²) in [7, 11) is 0. The van der Waals surface area contributed by atoms with E-state index in [4.69, 9.17) is 16.3 Å². The highest BCUT2D eigenvalue weighted by Crippen LogP contribution is 2.13. The summed E-state index contributed by atoms with van der Waals surface area (Å²) in [5, 5.41) is 3.02. The smallest absolute Gasteiger partial charge is 0.254 e. The SMILES string of the molecule is O=C(NCC1CCCO1)c1cccnc1Cl. The minimum Gasteiger partial charge on any atom is -0.376 e. The molecule has 1 fully saturated rings. The lowest BCUT2D eigenvalue weighted by Gasteiger charge is -2.10. The molecule has 1 N–H and O–H groups in total. The monoisotopic (exact) mass is 240 g/mol. The molecule has 86 valence electrons. The first-order chi connectivity index (χ1) is 7.77. The third kappa shape index (κ3) is 2.71. The van der Waals surface area contributed by atoms with E-state index in [1.54, 1.807) is 18.3 Å². The van der Waals surface area contributed by atoms with Crippen molar-refractivity contribution in [3.8, 4) is 0 Å². The van der Waals surface area contributed by atoms with Gasteiger partial charge < -0.3 is 10.1 Å². The van der Waals surface area contributed by atoms with Crippen LogP contribution in [0.3, 0.4) is 0 Å². The topological polar surface area (TPSA) is 51.2 Å². The van der Waals surface area contributed by atoms with Crippen molar-refractivity contribution in [3.63, 3.8) is 0 Å². The number of carbonyl (C=O) groups is 1. The average molecular weight is 241 g/mol. The molecule has 2 rings (SSSR count). The number of rotatable bonds is 3. The average Bonchev–Trinajstić information content (AvgIpc) is 2.79. The fraction of sp³-hybridized carbons (Fsp3) is 0.455. The van der Waals surface area contributed by atoms with Crippen LogP contribution < -0.4 is 5.32 Å². The number of carbonyl (C=O) groups excluding carboxylic acids is 1. The lowest BCUT2D eigenvalue weighted by atomic mass is 10.2. The van der Waals surface area contributed by atoms with Gasteiger partial charge in [0, 0.05) is 19.3 Å². The summed E-state index contributed by atoms with van der Waals surface area (Å²) in [6.07, 6.45) is 3.76. The normalized spacial score (nSPS) is 19.7. The molecule has 0 spiro atoms. The van der Waals surface area contributed by atoms with Gasteiger partial charge in [-0.05, 0) is 25.0 Å². The zero-order valence-corrected chi connectivity index (χ0v) is 9.54. The van der Waals surface area contributed by atoms with E-state index in [2.05, 4.69) is 10.3 Å². The molecule has 0 aromatic carbocycles. The lowest BCUT2D eigenvalue weighted by Crippen LogP contribution is -2.31. The Bertz CT molecular complexity index is 378. The molecule has 16 heavy (non-hydrogen) atoms. The number of nitrogens with zero attached hydrogens (tertiary/aromatic N) is 1. The highest BCUT2D eigenvalue weighted by Gasteiger charge is 2.17. The number of hydrogen-bond donors (Lipinski definition) is 1. The molecule has 1 aromatic heterocycles. The van der Waals surface area contributed by atoms with Crippen molar-refractivity contribution >= 4 is 17.5 Å². The highest BCUT2D eigenvalue weighted by atomic mass is 35.5. The number of halogens is 1. The zero-order chi connectivity index (χ0) is 11.4. The number of pyridine rings is 1. The van der Waals surface area contributed by atoms with Crippen molar-refractivity contribution < 1.29 is 9.53 Å². The Balaban J connectivity index is 1.90. The summed E-state index contributed by atoms with van der Waals surface area (Å²) in [6.45, 7) is 1.32. The molecule has 1 atom stereocenters. The predicted molar refractivity (Wildman–Crippen MR) is 60.6 cm³/mol. The van der Waals surface area contributed by atoms with E-state index in [0.29, 0.717) is 12.1 Å². The maximum Gasteiger partial charge on any atom is 0.254 e. The van der Waals surface area contributed by atoms with Gasteiger partial charge in [-0.3, -0.25) is 4.79 Å². The van der Waals surface area contributed by atoms with E-state index >= 15 is 0 Å². The first-order valence-corrected chi connectivity index (χ1v) is 5.65.